The average molecular weight is 540 g/mol. The van der Waals surface area contributed by atoms with Crippen LogP contribution in [0.3, 0.4) is 0 Å². The van der Waals surface area contributed by atoms with E-state index in [-0.39, 0.29) is 21.2 Å². The summed E-state index contributed by atoms with van der Waals surface area (Å²) < 4.78 is 46.3. The van der Waals surface area contributed by atoms with Gasteiger partial charge in [0, 0.05) is 0 Å². The second kappa shape index (κ2) is 11.0. The van der Waals surface area contributed by atoms with Gasteiger partial charge >= 0.3 is 21.2 Å². The van der Waals surface area contributed by atoms with Crippen LogP contribution in [0.2, 0.25) is 0 Å². The van der Waals surface area contributed by atoms with E-state index in [1.165, 1.54) is 30.4 Å². The summed E-state index contributed by atoms with van der Waals surface area (Å²) in [7, 11) is -4.66. The van der Waals surface area contributed by atoms with Gasteiger partial charge in [-0.1, -0.05) is 64.1 Å². The highest BCUT2D eigenvalue weighted by atomic mass is 127. The highest BCUT2D eigenvalue weighted by Crippen LogP contribution is 2.13. The summed E-state index contributed by atoms with van der Waals surface area (Å²) in [6.07, 6.45) is 0. The second-order valence-corrected chi connectivity index (χ2v) is 11.8. The highest BCUT2D eigenvalue weighted by Gasteiger charge is 2.15. The Kier molecular flexibility index (Phi) is 9.00. The van der Waals surface area contributed by atoms with Gasteiger partial charge in [-0.15, -0.1) is 0 Å². The molecule has 0 saturated carbocycles. The second-order valence-electron chi connectivity index (χ2n) is 7.39. The van der Waals surface area contributed by atoms with Crippen LogP contribution in [0.25, 0.3) is 0 Å². The molecule has 3 nitrogen and oxygen atoms in total. The van der Waals surface area contributed by atoms with Crippen LogP contribution in [0.4, 0.5) is 4.39 Å². The summed E-state index contributed by atoms with van der Waals surface area (Å²) >= 11 is -0.0366. The van der Waals surface area contributed by atoms with Crippen molar-refractivity contribution in [3.05, 3.63) is 96.9 Å². The van der Waals surface area contributed by atoms with Gasteiger partial charge in [0.25, 0.3) is 0 Å². The first-order valence-corrected chi connectivity index (χ1v) is 13.2. The van der Waals surface area contributed by atoms with E-state index in [9.17, 15) is 17.4 Å². The third-order valence-corrected chi connectivity index (χ3v) is 7.95. The van der Waals surface area contributed by atoms with E-state index in [0.717, 1.165) is 12.1 Å². The van der Waals surface area contributed by atoms with E-state index >= 15 is 0 Å². The minimum absolute atomic E-state index is 0.0366. The molecule has 0 radical (unpaired) electrons. The Hall–Kier alpha value is -1.77. The van der Waals surface area contributed by atoms with E-state index in [1.807, 2.05) is 0 Å². The summed E-state index contributed by atoms with van der Waals surface area (Å²) in [5.74, 6) is 0.234. The Labute approximate surface area is 189 Å². The molecular weight excluding hydrogens is 514 g/mol. The third kappa shape index (κ3) is 7.49. The van der Waals surface area contributed by atoms with Crippen molar-refractivity contribution in [2.75, 3.05) is 0 Å². The van der Waals surface area contributed by atoms with Crippen molar-refractivity contribution in [3.63, 3.8) is 0 Å². The molecule has 0 amide bonds. The molecular formula is C24H26FIO3S. The summed E-state index contributed by atoms with van der Waals surface area (Å²) in [5.41, 5.74) is 2.87. The van der Waals surface area contributed by atoms with Gasteiger partial charge in [-0.05, 0) is 59.4 Å². The smallest absolute Gasteiger partial charge is 0.357 e. The zero-order valence-electron chi connectivity index (χ0n) is 17.5. The van der Waals surface area contributed by atoms with Crippen molar-refractivity contribution >= 4 is 10.1 Å². The Balaban J connectivity index is 0.000000248. The first-order valence-electron chi connectivity index (χ1n) is 9.63. The number of hydrogen-bond acceptors (Lipinski definition) is 3. The van der Waals surface area contributed by atoms with Gasteiger partial charge in [0.15, 0.2) is 7.14 Å². The lowest BCUT2D eigenvalue weighted by Crippen LogP contribution is -3.61. The monoisotopic (exact) mass is 540 g/mol. The van der Waals surface area contributed by atoms with Crippen LogP contribution in [0.5, 0.6) is 0 Å². The topological polar surface area (TPSA) is 57.2 Å². The number of hydrogen-bond donors (Lipinski definition) is 0. The van der Waals surface area contributed by atoms with Crippen LogP contribution in [0.1, 0.15) is 50.7 Å². The van der Waals surface area contributed by atoms with Crippen molar-refractivity contribution in [3.8, 4) is 0 Å². The first kappa shape index (κ1) is 24.5. The molecule has 0 fully saturated rings. The van der Waals surface area contributed by atoms with Crippen LogP contribution in [-0.2, 0) is 10.1 Å². The molecule has 0 atom stereocenters. The van der Waals surface area contributed by atoms with Gasteiger partial charge in [-0.3, -0.25) is 0 Å². The standard InChI is InChI=1S/C18H22I.C6H5FO3S/c1-13(2)15-5-9-17(10-6-15)19-18-11-7-16(8-12-18)14(3)4;7-5-3-1-2-4-6(5)11(8,9)10/h5-14H,1-4H3;1-4H,(H,8,9,10)/q+1;/p-1. The van der Waals surface area contributed by atoms with Crippen LogP contribution < -0.4 is 21.2 Å². The Bertz CT molecular complexity index is 995. The van der Waals surface area contributed by atoms with Crippen LogP contribution >= 0.6 is 0 Å². The van der Waals surface area contributed by atoms with Crippen molar-refractivity contribution < 1.29 is 38.6 Å². The summed E-state index contributed by atoms with van der Waals surface area (Å²) in [6.45, 7) is 8.98. The molecule has 0 saturated heterocycles. The van der Waals surface area contributed by atoms with E-state index in [1.54, 1.807) is 0 Å². The minimum Gasteiger partial charge on any atom is -0.744 e. The maximum atomic E-state index is 12.5. The zero-order chi connectivity index (χ0) is 22.3. The lowest BCUT2D eigenvalue weighted by Gasteiger charge is -2.06. The fourth-order valence-corrected chi connectivity index (χ4v) is 5.30. The average Bonchev–Trinajstić information content (AvgIpc) is 2.69. The molecule has 0 unspecified atom stereocenters. The quantitative estimate of drug-likeness (QED) is 0.370. The Morgan fingerprint density at radius 2 is 1.13 bits per heavy atom. The van der Waals surface area contributed by atoms with Crippen LogP contribution in [-0.4, -0.2) is 13.0 Å². The van der Waals surface area contributed by atoms with Crippen molar-refractivity contribution in [1.82, 2.24) is 0 Å². The van der Waals surface area contributed by atoms with Gasteiger partial charge in [0.1, 0.15) is 15.9 Å². The molecule has 160 valence electrons. The largest absolute Gasteiger partial charge is 0.744 e. The maximum absolute atomic E-state index is 12.5. The molecule has 0 aliphatic rings. The minimum atomic E-state index is -4.66. The normalized spacial score (nSPS) is 11.3. The molecule has 6 heteroatoms. The maximum Gasteiger partial charge on any atom is 0.357 e. The van der Waals surface area contributed by atoms with Gasteiger partial charge in [-0.25, -0.2) is 12.8 Å². The summed E-state index contributed by atoms with van der Waals surface area (Å²) in [5, 5.41) is 0. The van der Waals surface area contributed by atoms with Gasteiger partial charge in [-0.2, -0.15) is 0 Å². The Morgan fingerprint density at radius 3 is 1.43 bits per heavy atom. The van der Waals surface area contributed by atoms with Crippen molar-refractivity contribution in [1.29, 1.82) is 0 Å². The lowest BCUT2D eigenvalue weighted by molar-refractivity contribution is -0.597. The fraction of sp³-hybridized carbons (Fsp3) is 0.250. The molecule has 0 N–H and O–H groups in total. The fourth-order valence-electron chi connectivity index (χ4n) is 2.59. The third-order valence-electron chi connectivity index (χ3n) is 4.40. The predicted octanol–water partition coefficient (Wildman–Crippen LogP) is 2.79. The number of halogens is 2. The zero-order valence-corrected chi connectivity index (χ0v) is 20.4. The van der Waals surface area contributed by atoms with E-state index in [2.05, 4.69) is 76.2 Å². The van der Waals surface area contributed by atoms with E-state index in [0.29, 0.717) is 11.8 Å². The number of benzene rings is 3. The molecule has 0 spiro atoms. The van der Waals surface area contributed by atoms with Crippen LogP contribution in [0, 0.1) is 13.0 Å². The van der Waals surface area contributed by atoms with Crippen molar-refractivity contribution in [2.24, 2.45) is 0 Å². The molecule has 3 aromatic rings. The lowest BCUT2D eigenvalue weighted by atomic mass is 10.0. The molecule has 3 rings (SSSR count). The summed E-state index contributed by atoms with van der Waals surface area (Å²) in [4.78, 5) is -0.806. The van der Waals surface area contributed by atoms with Crippen molar-refractivity contribution in [2.45, 2.75) is 44.4 Å². The predicted molar refractivity (Wildman–Crippen MR) is 113 cm³/mol. The van der Waals surface area contributed by atoms with Gasteiger partial charge in [0.2, 0.25) is 0 Å². The molecule has 3 aromatic carbocycles. The van der Waals surface area contributed by atoms with E-state index < -0.39 is 20.8 Å². The van der Waals surface area contributed by atoms with E-state index in [4.69, 9.17) is 0 Å². The number of rotatable bonds is 5. The summed E-state index contributed by atoms with van der Waals surface area (Å²) in [6, 6.07) is 22.8. The Morgan fingerprint density at radius 1 is 0.733 bits per heavy atom. The SMILES string of the molecule is CC(C)c1ccc([I+]c2ccc(C(C)C)cc2)cc1.O=S(=O)([O-])c1ccccc1F. The molecule has 0 aliphatic heterocycles. The molecule has 0 aromatic heterocycles. The highest BCUT2D eigenvalue weighted by molar-refractivity contribution is 7.85. The molecule has 0 aliphatic carbocycles. The molecule has 0 bridgehead atoms. The van der Waals surface area contributed by atoms with Gasteiger partial charge in [0.05, 0.1) is 4.90 Å². The molecule has 30 heavy (non-hydrogen) atoms. The molecule has 0 heterocycles. The first-order chi connectivity index (χ1) is 14.1. The van der Waals surface area contributed by atoms with Gasteiger partial charge < -0.3 is 4.55 Å². The van der Waals surface area contributed by atoms with Crippen LogP contribution in [0.15, 0.2) is 77.7 Å².